The number of hydrogen-bond donors (Lipinski definition) is 0. The van der Waals surface area contributed by atoms with Gasteiger partial charge in [0.2, 0.25) is 18.0 Å². The molecule has 0 unspecified atom stereocenters. The number of carbonyl (C=O) groups is 2. The Kier molecular flexibility index (Phi) is 12.9. The second kappa shape index (κ2) is 17.1. The van der Waals surface area contributed by atoms with Crippen molar-refractivity contribution in [2.75, 3.05) is 51.4 Å². The van der Waals surface area contributed by atoms with Crippen LogP contribution in [-0.4, -0.2) is 74.0 Å². The number of anilines is 1. The minimum Gasteiger partial charge on any atom is -1.00 e. The first-order chi connectivity index (χ1) is 24.1. The number of ether oxygens (including phenoxy) is 5. The summed E-state index contributed by atoms with van der Waals surface area (Å²) < 4.78 is 34.1. The molecule has 0 aliphatic carbocycles. The second-order valence-corrected chi connectivity index (χ2v) is 13.2. The minimum atomic E-state index is -1.20. The highest BCUT2D eigenvalue weighted by molar-refractivity contribution is 6.35. The average Bonchev–Trinajstić information content (AvgIpc) is 3.54. The molecule has 1 aromatic heterocycles. The summed E-state index contributed by atoms with van der Waals surface area (Å²) in [6.45, 7) is 7.63. The van der Waals surface area contributed by atoms with Crippen molar-refractivity contribution in [3.05, 3.63) is 101 Å². The first-order valence-electron chi connectivity index (χ1n) is 16.5. The maximum atomic E-state index is 11.7. The molecule has 272 valence electrons. The molecule has 0 radical (unpaired) electrons. The number of esters is 1. The Hall–Kier alpha value is -3.81. The number of halogens is 3. The molecule has 2 saturated heterocycles. The van der Waals surface area contributed by atoms with Crippen LogP contribution in [0.5, 0.6) is 17.2 Å². The minimum absolute atomic E-state index is 0. The van der Waals surface area contributed by atoms with Gasteiger partial charge in [-0.3, -0.25) is 9.59 Å². The fourth-order valence-corrected chi connectivity index (χ4v) is 6.84. The molecular weight excluding hydrogens is 763 g/mol. The van der Waals surface area contributed by atoms with Gasteiger partial charge in [0.05, 0.1) is 24.8 Å². The summed E-state index contributed by atoms with van der Waals surface area (Å²) in [5.74, 6) is 0.0921. The van der Waals surface area contributed by atoms with Crippen LogP contribution in [0.3, 0.4) is 0 Å². The van der Waals surface area contributed by atoms with E-state index >= 15 is 0 Å². The number of piperazine rings is 1. The Morgan fingerprint density at radius 3 is 2.43 bits per heavy atom. The van der Waals surface area contributed by atoms with E-state index in [4.69, 9.17) is 46.9 Å². The molecule has 6 rings (SSSR count). The van der Waals surface area contributed by atoms with Crippen molar-refractivity contribution in [3.63, 3.8) is 0 Å². The van der Waals surface area contributed by atoms with Crippen LogP contribution in [0.1, 0.15) is 31.4 Å². The van der Waals surface area contributed by atoms with E-state index in [1.54, 1.807) is 25.1 Å². The Labute approximate surface area is 318 Å². The van der Waals surface area contributed by atoms with Crippen molar-refractivity contribution in [1.29, 1.82) is 0 Å². The SMILES string of the molecule is COc1cc(C[n+]2ccn(C[C@]3(c4ccc(Cl)cc4Cl)OCC[C@@H](COc4ccc(N5CCN(C(C)=O)CC5)cc4)O3)c2)ccc1OC(C)=O.[Br-]. The predicted octanol–water partition coefficient (Wildman–Crippen LogP) is 2.47. The van der Waals surface area contributed by atoms with Gasteiger partial charge in [-0.15, -0.1) is 0 Å². The highest BCUT2D eigenvalue weighted by Gasteiger charge is 2.44. The Balaban J connectivity index is 0.00000504. The zero-order chi connectivity index (χ0) is 35.3. The van der Waals surface area contributed by atoms with Crippen molar-refractivity contribution < 1.29 is 54.8 Å². The molecule has 2 aliphatic rings. The molecule has 2 aliphatic heterocycles. The molecule has 2 fully saturated rings. The third-order valence-corrected chi connectivity index (χ3v) is 9.37. The lowest BCUT2D eigenvalue weighted by Crippen LogP contribution is -3.00. The summed E-state index contributed by atoms with van der Waals surface area (Å²) in [5, 5.41) is 0.960. The van der Waals surface area contributed by atoms with Crippen LogP contribution < -0.4 is 40.7 Å². The summed E-state index contributed by atoms with van der Waals surface area (Å²) in [4.78, 5) is 27.3. The largest absolute Gasteiger partial charge is 1.00 e. The van der Waals surface area contributed by atoms with E-state index in [1.165, 1.54) is 14.0 Å². The summed E-state index contributed by atoms with van der Waals surface area (Å²) in [5.41, 5.74) is 2.73. The number of carbonyl (C=O) groups excluding carboxylic acids is 2. The molecule has 11 nitrogen and oxygen atoms in total. The third kappa shape index (κ3) is 9.55. The molecule has 0 saturated carbocycles. The van der Waals surface area contributed by atoms with Crippen LogP contribution >= 0.6 is 23.2 Å². The molecule has 14 heteroatoms. The van der Waals surface area contributed by atoms with Gasteiger partial charge in [0, 0.05) is 62.7 Å². The van der Waals surface area contributed by atoms with Gasteiger partial charge >= 0.3 is 5.97 Å². The fraction of sp³-hybridized carbons (Fsp3) is 0.378. The maximum absolute atomic E-state index is 11.7. The third-order valence-electron chi connectivity index (χ3n) is 8.82. The van der Waals surface area contributed by atoms with Gasteiger partial charge in [0.25, 0.3) is 0 Å². The normalized spacial score (nSPS) is 18.9. The number of hydrogen-bond acceptors (Lipinski definition) is 8. The van der Waals surface area contributed by atoms with Crippen LogP contribution in [0, 0.1) is 0 Å². The molecule has 0 bridgehead atoms. The lowest BCUT2D eigenvalue weighted by atomic mass is 10.0. The van der Waals surface area contributed by atoms with E-state index in [2.05, 4.69) is 4.90 Å². The number of benzene rings is 3. The summed E-state index contributed by atoms with van der Waals surface area (Å²) in [6, 6.07) is 18.8. The molecular formula is C37H41BrCl2N4O7. The lowest BCUT2D eigenvalue weighted by molar-refractivity contribution is -0.688. The first-order valence-corrected chi connectivity index (χ1v) is 17.3. The first kappa shape index (κ1) is 38.4. The Bertz CT molecular complexity index is 1820. The zero-order valence-corrected chi connectivity index (χ0v) is 31.8. The number of amides is 1. The van der Waals surface area contributed by atoms with Crippen LogP contribution in [-0.2, 0) is 37.9 Å². The van der Waals surface area contributed by atoms with Gasteiger partial charge in [-0.25, -0.2) is 9.13 Å². The highest BCUT2D eigenvalue weighted by Crippen LogP contribution is 2.40. The topological polar surface area (TPSA) is 95.6 Å². The van der Waals surface area contributed by atoms with Gasteiger partial charge in [-0.05, 0) is 54.1 Å². The van der Waals surface area contributed by atoms with Crippen molar-refractivity contribution in [1.82, 2.24) is 9.47 Å². The highest BCUT2D eigenvalue weighted by atomic mass is 79.9. The molecule has 2 atom stereocenters. The van der Waals surface area contributed by atoms with E-state index in [0.717, 1.165) is 43.2 Å². The van der Waals surface area contributed by atoms with Gasteiger partial charge < -0.3 is 50.5 Å². The standard InChI is InChI=1S/C37H41Cl2N4O7.BrH/c1-26(44)42-15-17-43(18-16-42)30-6-8-31(9-7-30)47-23-32-12-19-48-37(50-32,33-10-5-29(38)21-34(33)39)24-41-14-13-40(25-41)22-28-4-11-35(49-27(2)45)36(20-28)46-3;/h4-11,13-14,20-21,25,32H,12,15-19,22-24H2,1-3H3;1H/q+1;/p-1/t32-,37-;/m0./s1. The molecule has 51 heavy (non-hydrogen) atoms. The smallest absolute Gasteiger partial charge is 0.308 e. The van der Waals surface area contributed by atoms with E-state index in [-0.39, 0.29) is 29.0 Å². The van der Waals surface area contributed by atoms with Gasteiger partial charge in [0.15, 0.2) is 11.5 Å². The summed E-state index contributed by atoms with van der Waals surface area (Å²) >= 11 is 13.0. The van der Waals surface area contributed by atoms with Crippen molar-refractivity contribution >= 4 is 40.8 Å². The van der Waals surface area contributed by atoms with E-state index in [0.29, 0.717) is 59.8 Å². The molecule has 0 N–H and O–H groups in total. The lowest BCUT2D eigenvalue weighted by Gasteiger charge is -2.40. The predicted molar refractivity (Wildman–Crippen MR) is 188 cm³/mol. The summed E-state index contributed by atoms with van der Waals surface area (Å²) in [6.07, 6.45) is 6.24. The summed E-state index contributed by atoms with van der Waals surface area (Å²) in [7, 11) is 1.54. The van der Waals surface area contributed by atoms with Crippen LogP contribution in [0.4, 0.5) is 5.69 Å². The quantitative estimate of drug-likeness (QED) is 0.130. The number of aromatic nitrogens is 2. The van der Waals surface area contributed by atoms with Crippen molar-refractivity contribution in [2.45, 2.75) is 45.2 Å². The van der Waals surface area contributed by atoms with Crippen molar-refractivity contribution in [3.8, 4) is 17.2 Å². The molecule has 1 amide bonds. The fourth-order valence-electron chi connectivity index (χ4n) is 6.29. The van der Waals surface area contributed by atoms with Gasteiger partial charge in [-0.1, -0.05) is 35.3 Å². The maximum Gasteiger partial charge on any atom is 0.308 e. The number of nitrogens with zero attached hydrogens (tertiary/aromatic N) is 4. The van der Waals surface area contributed by atoms with Gasteiger partial charge in [-0.2, -0.15) is 0 Å². The second-order valence-electron chi connectivity index (χ2n) is 12.4. The average molecular weight is 805 g/mol. The van der Waals surface area contributed by atoms with Crippen LogP contribution in [0.15, 0.2) is 79.4 Å². The van der Waals surface area contributed by atoms with Crippen LogP contribution in [0.25, 0.3) is 0 Å². The van der Waals surface area contributed by atoms with E-state index in [1.807, 2.05) is 75.2 Å². The number of imidazole rings is 1. The van der Waals surface area contributed by atoms with Crippen LogP contribution in [0.2, 0.25) is 10.0 Å². The Morgan fingerprint density at radius 1 is 0.980 bits per heavy atom. The van der Waals surface area contributed by atoms with Gasteiger partial charge in [0.1, 0.15) is 37.8 Å². The monoisotopic (exact) mass is 802 g/mol. The molecule has 4 aromatic rings. The molecule has 3 aromatic carbocycles. The number of rotatable bonds is 11. The Morgan fingerprint density at radius 2 is 1.75 bits per heavy atom. The van der Waals surface area contributed by atoms with Crippen molar-refractivity contribution in [2.24, 2.45) is 0 Å². The molecule has 0 spiro atoms. The molecule has 3 heterocycles. The van der Waals surface area contributed by atoms with E-state index in [9.17, 15) is 9.59 Å². The van der Waals surface area contributed by atoms with E-state index < -0.39 is 11.8 Å². The zero-order valence-electron chi connectivity index (χ0n) is 28.7. The number of methoxy groups -OCH3 is 1.